The fourth-order valence-electron chi connectivity index (χ4n) is 2.86. The normalized spacial score (nSPS) is 16.5. The topological polar surface area (TPSA) is 43.1 Å². The molecule has 2 unspecified atom stereocenters. The highest BCUT2D eigenvalue weighted by atomic mass is 32.2. The average molecular weight is 299 g/mol. The van der Waals surface area contributed by atoms with E-state index in [1.807, 2.05) is 30.3 Å². The van der Waals surface area contributed by atoms with E-state index in [9.17, 15) is 4.21 Å². The van der Waals surface area contributed by atoms with E-state index < -0.39 is 10.8 Å². The zero-order chi connectivity index (χ0) is 14.8. The van der Waals surface area contributed by atoms with Crippen molar-refractivity contribution in [2.24, 2.45) is 5.73 Å². The molecule has 21 heavy (non-hydrogen) atoms. The van der Waals surface area contributed by atoms with Crippen LogP contribution < -0.4 is 5.73 Å². The molecule has 0 radical (unpaired) electrons. The molecule has 0 fully saturated rings. The van der Waals surface area contributed by atoms with Gasteiger partial charge in [0.25, 0.3) is 0 Å². The Balaban J connectivity index is 1.72. The van der Waals surface area contributed by atoms with Gasteiger partial charge in [-0.1, -0.05) is 35.9 Å². The summed E-state index contributed by atoms with van der Waals surface area (Å²) in [6.45, 7) is 2.05. The molecule has 3 heteroatoms. The average Bonchev–Trinajstić information content (AvgIpc) is 2.95. The minimum Gasteiger partial charge on any atom is -0.323 e. The first kappa shape index (κ1) is 14.5. The summed E-state index contributed by atoms with van der Waals surface area (Å²) in [5, 5.41) is 0. The summed E-state index contributed by atoms with van der Waals surface area (Å²) in [4.78, 5) is 0.915. The molecule has 0 heterocycles. The second-order valence-corrected chi connectivity index (χ2v) is 7.31. The third kappa shape index (κ3) is 3.25. The van der Waals surface area contributed by atoms with Crippen molar-refractivity contribution in [3.63, 3.8) is 0 Å². The number of benzene rings is 2. The summed E-state index contributed by atoms with van der Waals surface area (Å²) in [6.07, 6.45) is 3.49. The number of rotatable bonds is 4. The predicted molar refractivity (Wildman–Crippen MR) is 87.8 cm³/mol. The van der Waals surface area contributed by atoms with Gasteiger partial charge in [-0.15, -0.1) is 0 Å². The SMILES string of the molecule is Cc1ccc(C(N)CS(=O)c2ccc3c(c2)CCC3)cc1. The molecule has 0 saturated carbocycles. The zero-order valence-corrected chi connectivity index (χ0v) is 13.2. The number of fused-ring (bicyclic) bond motifs is 1. The molecule has 0 aliphatic heterocycles. The van der Waals surface area contributed by atoms with E-state index in [-0.39, 0.29) is 6.04 Å². The number of aryl methyl sites for hydroxylation is 3. The van der Waals surface area contributed by atoms with Crippen molar-refractivity contribution in [2.75, 3.05) is 5.75 Å². The fourth-order valence-corrected chi connectivity index (χ4v) is 4.06. The van der Waals surface area contributed by atoms with Gasteiger partial charge in [-0.05, 0) is 55.0 Å². The highest BCUT2D eigenvalue weighted by Gasteiger charge is 2.16. The van der Waals surface area contributed by atoms with Crippen molar-refractivity contribution in [3.8, 4) is 0 Å². The third-order valence-corrected chi connectivity index (χ3v) is 5.61. The van der Waals surface area contributed by atoms with Crippen LogP contribution in [0.2, 0.25) is 0 Å². The maximum Gasteiger partial charge on any atom is 0.0548 e. The van der Waals surface area contributed by atoms with Crippen LogP contribution >= 0.6 is 0 Å². The lowest BCUT2D eigenvalue weighted by molar-refractivity contribution is 0.675. The van der Waals surface area contributed by atoms with Crippen molar-refractivity contribution in [3.05, 3.63) is 64.7 Å². The standard InChI is InChI=1S/C18H21NOS/c1-13-5-7-15(8-6-13)18(19)12-21(20)17-10-9-14-3-2-4-16(14)11-17/h5-11,18H,2-4,12,19H2,1H3. The molecule has 110 valence electrons. The summed E-state index contributed by atoms with van der Waals surface area (Å²) >= 11 is 0. The number of hydrogen-bond donors (Lipinski definition) is 1. The van der Waals surface area contributed by atoms with E-state index in [1.165, 1.54) is 23.1 Å². The highest BCUT2D eigenvalue weighted by molar-refractivity contribution is 7.85. The van der Waals surface area contributed by atoms with Crippen LogP contribution in [0.4, 0.5) is 0 Å². The Morgan fingerprint density at radius 1 is 1.10 bits per heavy atom. The molecule has 1 aliphatic rings. The molecular weight excluding hydrogens is 278 g/mol. The van der Waals surface area contributed by atoms with Crippen molar-refractivity contribution >= 4 is 10.8 Å². The van der Waals surface area contributed by atoms with E-state index in [1.54, 1.807) is 0 Å². The van der Waals surface area contributed by atoms with Crippen LogP contribution in [0.3, 0.4) is 0 Å². The van der Waals surface area contributed by atoms with Crippen LogP contribution in [-0.2, 0) is 23.6 Å². The van der Waals surface area contributed by atoms with Crippen LogP contribution in [0.5, 0.6) is 0 Å². The lowest BCUT2D eigenvalue weighted by atomic mass is 10.1. The predicted octanol–water partition coefficient (Wildman–Crippen LogP) is 3.29. The summed E-state index contributed by atoms with van der Waals surface area (Å²) in [7, 11) is -1.04. The monoisotopic (exact) mass is 299 g/mol. The molecule has 0 saturated heterocycles. The van der Waals surface area contributed by atoms with E-state index >= 15 is 0 Å². The molecule has 2 atom stereocenters. The Morgan fingerprint density at radius 3 is 2.57 bits per heavy atom. The van der Waals surface area contributed by atoms with Crippen LogP contribution in [-0.4, -0.2) is 9.96 Å². The summed E-state index contributed by atoms with van der Waals surface area (Å²) in [5.41, 5.74) is 11.2. The lowest BCUT2D eigenvalue weighted by Crippen LogP contribution is -2.18. The minimum absolute atomic E-state index is 0.181. The van der Waals surface area contributed by atoms with Crippen LogP contribution in [0.15, 0.2) is 47.4 Å². The van der Waals surface area contributed by atoms with Crippen LogP contribution in [0, 0.1) is 6.92 Å². The fraction of sp³-hybridized carbons (Fsp3) is 0.333. The quantitative estimate of drug-likeness (QED) is 0.941. The Hall–Kier alpha value is -1.45. The van der Waals surface area contributed by atoms with Crippen LogP contribution in [0.1, 0.15) is 34.7 Å². The van der Waals surface area contributed by atoms with Gasteiger partial charge in [0.1, 0.15) is 0 Å². The first-order valence-electron chi connectivity index (χ1n) is 7.46. The van der Waals surface area contributed by atoms with E-state index in [0.717, 1.165) is 23.3 Å². The Bertz CT molecular complexity index is 663. The Morgan fingerprint density at radius 2 is 1.81 bits per heavy atom. The second kappa shape index (κ2) is 6.12. The first-order chi connectivity index (χ1) is 10.1. The van der Waals surface area contributed by atoms with E-state index in [4.69, 9.17) is 5.73 Å². The third-order valence-electron chi connectivity index (χ3n) is 4.17. The first-order valence-corrected chi connectivity index (χ1v) is 8.78. The lowest BCUT2D eigenvalue weighted by Gasteiger charge is -2.13. The molecule has 1 aliphatic carbocycles. The van der Waals surface area contributed by atoms with Gasteiger partial charge < -0.3 is 5.73 Å². The molecule has 0 amide bonds. The maximum absolute atomic E-state index is 12.5. The van der Waals surface area contributed by atoms with Gasteiger partial charge in [-0.25, -0.2) is 0 Å². The van der Waals surface area contributed by atoms with Gasteiger partial charge in [-0.3, -0.25) is 4.21 Å². The van der Waals surface area contributed by atoms with Crippen molar-refractivity contribution in [2.45, 2.75) is 37.1 Å². The van der Waals surface area contributed by atoms with E-state index in [2.05, 4.69) is 19.1 Å². The molecular formula is C18H21NOS. The van der Waals surface area contributed by atoms with Gasteiger partial charge in [0, 0.05) is 16.7 Å². The van der Waals surface area contributed by atoms with Gasteiger partial charge in [0.15, 0.2) is 0 Å². The molecule has 2 nitrogen and oxygen atoms in total. The van der Waals surface area contributed by atoms with Crippen molar-refractivity contribution in [1.29, 1.82) is 0 Å². The molecule has 0 bridgehead atoms. The van der Waals surface area contributed by atoms with E-state index in [0.29, 0.717) is 5.75 Å². The van der Waals surface area contributed by atoms with Crippen molar-refractivity contribution in [1.82, 2.24) is 0 Å². The highest BCUT2D eigenvalue weighted by Crippen LogP contribution is 2.25. The number of hydrogen-bond acceptors (Lipinski definition) is 2. The van der Waals surface area contributed by atoms with Crippen molar-refractivity contribution < 1.29 is 4.21 Å². The second-order valence-electron chi connectivity index (χ2n) is 5.81. The molecule has 0 aromatic heterocycles. The molecule has 2 aromatic rings. The van der Waals surface area contributed by atoms with Crippen LogP contribution in [0.25, 0.3) is 0 Å². The molecule has 2 N–H and O–H groups in total. The molecule has 0 spiro atoms. The Labute approximate surface area is 128 Å². The summed E-state index contributed by atoms with van der Waals surface area (Å²) in [6, 6.07) is 14.2. The van der Waals surface area contributed by atoms with Gasteiger partial charge in [-0.2, -0.15) is 0 Å². The number of nitrogens with two attached hydrogens (primary N) is 1. The molecule has 3 rings (SSSR count). The van der Waals surface area contributed by atoms with Gasteiger partial charge >= 0.3 is 0 Å². The maximum atomic E-state index is 12.5. The zero-order valence-electron chi connectivity index (χ0n) is 12.3. The largest absolute Gasteiger partial charge is 0.323 e. The van der Waals surface area contributed by atoms with Gasteiger partial charge in [0.2, 0.25) is 0 Å². The van der Waals surface area contributed by atoms with Gasteiger partial charge in [0.05, 0.1) is 10.8 Å². The Kier molecular flexibility index (Phi) is 4.22. The minimum atomic E-state index is -1.04. The molecule has 2 aromatic carbocycles. The summed E-state index contributed by atoms with van der Waals surface area (Å²) < 4.78 is 12.5. The summed E-state index contributed by atoms with van der Waals surface area (Å²) in [5.74, 6) is 0.474. The smallest absolute Gasteiger partial charge is 0.0548 e.